The van der Waals surface area contributed by atoms with Crippen molar-refractivity contribution in [1.29, 1.82) is 0 Å². The van der Waals surface area contributed by atoms with Gasteiger partial charge in [-0.05, 0) is 12.5 Å². The fraction of sp³-hybridized carbons (Fsp3) is 0.467. The van der Waals surface area contributed by atoms with Crippen LogP contribution >= 0.6 is 0 Å². The molecule has 2 N–H and O–H groups in total. The zero-order chi connectivity index (χ0) is 14.5. The fourth-order valence-corrected chi connectivity index (χ4v) is 1.80. The summed E-state index contributed by atoms with van der Waals surface area (Å²) in [5.41, 5.74) is 2.17. The van der Waals surface area contributed by atoms with Crippen molar-refractivity contribution in [2.75, 3.05) is 6.54 Å². The van der Waals surface area contributed by atoms with Crippen molar-refractivity contribution in [3.05, 3.63) is 35.4 Å². The fourth-order valence-electron chi connectivity index (χ4n) is 1.80. The second kappa shape index (κ2) is 6.36. The van der Waals surface area contributed by atoms with Crippen LogP contribution in [0.3, 0.4) is 0 Å². The third-order valence-corrected chi connectivity index (χ3v) is 3.09. The number of hydrogen-bond donors (Lipinski definition) is 2. The average molecular weight is 263 g/mol. The Morgan fingerprint density at radius 3 is 2.53 bits per heavy atom. The van der Waals surface area contributed by atoms with Crippen molar-refractivity contribution in [3.8, 4) is 0 Å². The van der Waals surface area contributed by atoms with E-state index in [0.29, 0.717) is 6.54 Å². The molecular weight excluding hydrogens is 242 g/mol. The average Bonchev–Trinajstić information content (AvgIpc) is 2.34. The summed E-state index contributed by atoms with van der Waals surface area (Å²) in [7, 11) is 0. The van der Waals surface area contributed by atoms with Crippen LogP contribution in [0.5, 0.6) is 0 Å². The molecule has 0 radical (unpaired) electrons. The smallest absolute Gasteiger partial charge is 0.303 e. The summed E-state index contributed by atoms with van der Waals surface area (Å²) < 4.78 is 0. The van der Waals surface area contributed by atoms with Gasteiger partial charge in [0.25, 0.3) is 0 Å². The standard InChI is InChI=1S/C15H21NO3/c1-11-5-4-6-12(9-11)15(2,3)10-16-13(17)7-8-14(18)19/h4-6,9H,7-8,10H2,1-3H3,(H,16,17)(H,18,19). The summed E-state index contributed by atoms with van der Waals surface area (Å²) in [5, 5.41) is 11.3. The molecule has 0 heterocycles. The van der Waals surface area contributed by atoms with Gasteiger partial charge >= 0.3 is 5.97 Å². The molecular formula is C15H21NO3. The lowest BCUT2D eigenvalue weighted by molar-refractivity contribution is -0.138. The minimum absolute atomic E-state index is 0.0270. The second-order valence-electron chi connectivity index (χ2n) is 5.42. The topological polar surface area (TPSA) is 66.4 Å². The molecule has 104 valence electrons. The van der Waals surface area contributed by atoms with Crippen LogP contribution in [0.4, 0.5) is 0 Å². The SMILES string of the molecule is Cc1cccc(C(C)(C)CNC(=O)CCC(=O)O)c1. The van der Waals surface area contributed by atoms with Crippen molar-refractivity contribution < 1.29 is 14.7 Å². The zero-order valence-corrected chi connectivity index (χ0v) is 11.7. The highest BCUT2D eigenvalue weighted by Crippen LogP contribution is 2.23. The Bertz CT molecular complexity index is 466. The lowest BCUT2D eigenvalue weighted by Gasteiger charge is -2.26. The molecule has 0 aromatic heterocycles. The molecule has 4 heteroatoms. The van der Waals surface area contributed by atoms with E-state index in [4.69, 9.17) is 5.11 Å². The van der Waals surface area contributed by atoms with Gasteiger partial charge in [0.2, 0.25) is 5.91 Å². The van der Waals surface area contributed by atoms with Crippen LogP contribution in [0.1, 0.15) is 37.8 Å². The van der Waals surface area contributed by atoms with Gasteiger partial charge in [-0.2, -0.15) is 0 Å². The molecule has 0 spiro atoms. The van der Waals surface area contributed by atoms with Gasteiger partial charge in [-0.15, -0.1) is 0 Å². The molecule has 4 nitrogen and oxygen atoms in total. The summed E-state index contributed by atoms with van der Waals surface area (Å²) in [5.74, 6) is -1.17. The van der Waals surface area contributed by atoms with Gasteiger partial charge < -0.3 is 10.4 Å². The number of amides is 1. The Labute approximate surface area is 113 Å². The number of aryl methyl sites for hydroxylation is 1. The number of rotatable bonds is 6. The first-order valence-corrected chi connectivity index (χ1v) is 6.37. The lowest BCUT2D eigenvalue weighted by atomic mass is 9.84. The summed E-state index contributed by atoms with van der Waals surface area (Å²) in [6, 6.07) is 8.17. The highest BCUT2D eigenvalue weighted by atomic mass is 16.4. The number of carbonyl (C=O) groups is 2. The van der Waals surface area contributed by atoms with Crippen LogP contribution in [-0.2, 0) is 15.0 Å². The van der Waals surface area contributed by atoms with Crippen LogP contribution in [0.25, 0.3) is 0 Å². The Morgan fingerprint density at radius 1 is 1.26 bits per heavy atom. The molecule has 0 fully saturated rings. The largest absolute Gasteiger partial charge is 0.481 e. The molecule has 0 saturated carbocycles. The zero-order valence-electron chi connectivity index (χ0n) is 11.7. The first kappa shape index (κ1) is 15.2. The van der Waals surface area contributed by atoms with Gasteiger partial charge in [0.05, 0.1) is 6.42 Å². The van der Waals surface area contributed by atoms with Crippen LogP contribution in [0, 0.1) is 6.92 Å². The van der Waals surface area contributed by atoms with Gasteiger partial charge in [0.1, 0.15) is 0 Å². The molecule has 0 saturated heterocycles. The van der Waals surface area contributed by atoms with E-state index in [2.05, 4.69) is 25.2 Å². The van der Waals surface area contributed by atoms with E-state index in [1.165, 1.54) is 5.56 Å². The number of benzene rings is 1. The van der Waals surface area contributed by atoms with Crippen molar-refractivity contribution in [3.63, 3.8) is 0 Å². The normalized spacial score (nSPS) is 11.1. The summed E-state index contributed by atoms with van der Waals surface area (Å²) >= 11 is 0. The highest BCUT2D eigenvalue weighted by molar-refractivity contribution is 5.80. The number of carboxylic acids is 1. The summed E-state index contributed by atoms with van der Waals surface area (Å²) in [4.78, 5) is 21.9. The van der Waals surface area contributed by atoms with Crippen molar-refractivity contribution in [1.82, 2.24) is 5.32 Å². The molecule has 19 heavy (non-hydrogen) atoms. The van der Waals surface area contributed by atoms with Gasteiger partial charge in [-0.3, -0.25) is 9.59 Å². The number of hydrogen-bond acceptors (Lipinski definition) is 2. The van der Waals surface area contributed by atoms with E-state index >= 15 is 0 Å². The number of aliphatic carboxylic acids is 1. The number of carboxylic acid groups (broad SMARTS) is 1. The third kappa shape index (κ3) is 5.12. The monoisotopic (exact) mass is 263 g/mol. The molecule has 0 bridgehead atoms. The molecule has 0 unspecified atom stereocenters. The van der Waals surface area contributed by atoms with Crippen LogP contribution in [0.2, 0.25) is 0 Å². The quantitative estimate of drug-likeness (QED) is 0.827. The number of carbonyl (C=O) groups excluding carboxylic acids is 1. The highest BCUT2D eigenvalue weighted by Gasteiger charge is 2.21. The van der Waals surface area contributed by atoms with E-state index in [-0.39, 0.29) is 24.2 Å². The Balaban J connectivity index is 2.55. The minimum Gasteiger partial charge on any atom is -0.481 e. The van der Waals surface area contributed by atoms with Gasteiger partial charge in [-0.25, -0.2) is 0 Å². The molecule has 0 aliphatic heterocycles. The predicted octanol–water partition coefficient (Wildman–Crippen LogP) is 2.25. The molecule has 0 aliphatic carbocycles. The maximum atomic E-state index is 11.5. The molecule has 1 aromatic carbocycles. The van der Waals surface area contributed by atoms with Crippen molar-refractivity contribution in [2.24, 2.45) is 0 Å². The van der Waals surface area contributed by atoms with Crippen LogP contribution in [0.15, 0.2) is 24.3 Å². The van der Waals surface area contributed by atoms with Crippen LogP contribution < -0.4 is 5.32 Å². The first-order valence-electron chi connectivity index (χ1n) is 6.37. The van der Waals surface area contributed by atoms with E-state index in [1.54, 1.807) is 0 Å². The van der Waals surface area contributed by atoms with E-state index < -0.39 is 5.97 Å². The molecule has 0 aliphatic rings. The van der Waals surface area contributed by atoms with Gasteiger partial charge in [0.15, 0.2) is 0 Å². The van der Waals surface area contributed by atoms with Gasteiger partial charge in [0, 0.05) is 18.4 Å². The van der Waals surface area contributed by atoms with E-state index in [1.807, 2.05) is 25.1 Å². The molecule has 1 aromatic rings. The lowest BCUT2D eigenvalue weighted by Crippen LogP contribution is -2.36. The van der Waals surface area contributed by atoms with Crippen molar-refractivity contribution >= 4 is 11.9 Å². The molecule has 1 rings (SSSR count). The van der Waals surface area contributed by atoms with E-state index in [0.717, 1.165) is 5.56 Å². The third-order valence-electron chi connectivity index (χ3n) is 3.09. The van der Waals surface area contributed by atoms with Gasteiger partial charge in [-0.1, -0.05) is 43.7 Å². The summed E-state index contributed by atoms with van der Waals surface area (Å²) in [6.07, 6.45) is -0.101. The number of nitrogens with one attached hydrogen (secondary N) is 1. The maximum absolute atomic E-state index is 11.5. The Hall–Kier alpha value is -1.84. The molecule has 0 atom stereocenters. The molecule has 1 amide bonds. The van der Waals surface area contributed by atoms with Crippen molar-refractivity contribution in [2.45, 2.75) is 39.0 Å². The van der Waals surface area contributed by atoms with E-state index in [9.17, 15) is 9.59 Å². The maximum Gasteiger partial charge on any atom is 0.303 e. The van der Waals surface area contributed by atoms with Crippen LogP contribution in [-0.4, -0.2) is 23.5 Å². The Kier molecular flexibility index (Phi) is 5.10. The predicted molar refractivity (Wildman–Crippen MR) is 74.1 cm³/mol. The Morgan fingerprint density at radius 2 is 1.95 bits per heavy atom. The first-order chi connectivity index (χ1) is 8.81. The minimum atomic E-state index is -0.951. The second-order valence-corrected chi connectivity index (χ2v) is 5.42. The summed E-state index contributed by atoms with van der Waals surface area (Å²) in [6.45, 7) is 6.64.